The number of rotatable bonds is 7. The molecule has 4 aromatic rings. The lowest BCUT2D eigenvalue weighted by Gasteiger charge is -2.35. The van der Waals surface area contributed by atoms with E-state index < -0.39 is 5.79 Å². The monoisotopic (exact) mass is 612 g/mol. The number of nitrogens with zero attached hydrogens (tertiary/aromatic N) is 4. The predicted octanol–water partition coefficient (Wildman–Crippen LogP) is 5.77. The van der Waals surface area contributed by atoms with Crippen LogP contribution in [0.25, 0.3) is 32.9 Å². The van der Waals surface area contributed by atoms with Gasteiger partial charge in [0.05, 0.1) is 68.7 Å². The Kier molecular flexibility index (Phi) is 7.75. The van der Waals surface area contributed by atoms with E-state index in [1.165, 1.54) is 0 Å². The third-order valence-corrected chi connectivity index (χ3v) is 9.74. The first-order valence-electron chi connectivity index (χ1n) is 15.7. The molecular formula is C35H40N4O6. The molecule has 4 heterocycles. The lowest BCUT2D eigenvalue weighted by molar-refractivity contribution is -0.181. The lowest BCUT2D eigenvalue weighted by atomic mass is 9.90. The van der Waals surface area contributed by atoms with Gasteiger partial charge in [-0.2, -0.15) is 5.10 Å². The predicted molar refractivity (Wildman–Crippen MR) is 171 cm³/mol. The van der Waals surface area contributed by atoms with Crippen LogP contribution in [0.15, 0.2) is 58.9 Å². The van der Waals surface area contributed by atoms with Crippen LogP contribution in [0, 0.1) is 13.8 Å². The van der Waals surface area contributed by atoms with Crippen LogP contribution in [-0.4, -0.2) is 65.8 Å². The van der Waals surface area contributed by atoms with Crippen LogP contribution in [-0.2, 0) is 25.5 Å². The summed E-state index contributed by atoms with van der Waals surface area (Å²) < 4.78 is 32.8. The van der Waals surface area contributed by atoms with Gasteiger partial charge in [0.15, 0.2) is 5.79 Å². The quantitative estimate of drug-likeness (QED) is 0.259. The molecule has 2 fully saturated rings. The fourth-order valence-electron chi connectivity index (χ4n) is 7.41. The molecule has 1 spiro atoms. The SMILES string of the molecule is COC1=CC(OC)CC=C1Cn1c(=O)c2cnn(C3CCC4(CC3)OCCO4)c2c2ccc(-c3c(C)cnc(OC)c3C)cc21. The molecule has 0 bridgehead atoms. The van der Waals surface area contributed by atoms with Crippen molar-refractivity contribution in [3.05, 3.63) is 75.6 Å². The highest BCUT2D eigenvalue weighted by atomic mass is 16.7. The van der Waals surface area contributed by atoms with E-state index in [0.717, 1.165) is 75.7 Å². The van der Waals surface area contributed by atoms with Crippen molar-refractivity contribution in [1.29, 1.82) is 0 Å². The van der Waals surface area contributed by atoms with Crippen molar-refractivity contribution >= 4 is 21.8 Å². The van der Waals surface area contributed by atoms with E-state index in [1.807, 2.05) is 30.7 Å². The van der Waals surface area contributed by atoms with Crippen molar-refractivity contribution in [3.63, 3.8) is 0 Å². The summed E-state index contributed by atoms with van der Waals surface area (Å²) in [6.07, 6.45) is 11.7. The summed E-state index contributed by atoms with van der Waals surface area (Å²) in [4.78, 5) is 18.9. The number of aryl methyl sites for hydroxylation is 1. The zero-order chi connectivity index (χ0) is 31.3. The molecule has 1 saturated heterocycles. The highest BCUT2D eigenvalue weighted by Crippen LogP contribution is 2.42. The molecule has 10 heteroatoms. The van der Waals surface area contributed by atoms with Crippen LogP contribution in [0.5, 0.6) is 5.88 Å². The Morgan fingerprint density at radius 2 is 1.80 bits per heavy atom. The van der Waals surface area contributed by atoms with Gasteiger partial charge >= 0.3 is 0 Å². The third-order valence-electron chi connectivity index (χ3n) is 9.74. The third kappa shape index (κ3) is 5.05. The molecule has 7 rings (SSSR count). The molecule has 1 unspecified atom stereocenters. The fourth-order valence-corrected chi connectivity index (χ4v) is 7.41. The Labute approximate surface area is 262 Å². The highest BCUT2D eigenvalue weighted by molar-refractivity contribution is 6.05. The smallest absolute Gasteiger partial charge is 0.262 e. The van der Waals surface area contributed by atoms with Gasteiger partial charge in [0.1, 0.15) is 5.76 Å². The lowest BCUT2D eigenvalue weighted by Crippen LogP contribution is -2.36. The van der Waals surface area contributed by atoms with Crippen LogP contribution in [0.1, 0.15) is 49.3 Å². The van der Waals surface area contributed by atoms with Crippen LogP contribution in [0.3, 0.4) is 0 Å². The maximum Gasteiger partial charge on any atom is 0.262 e. The molecule has 3 aromatic heterocycles. The number of ether oxygens (including phenoxy) is 5. The van der Waals surface area contributed by atoms with Gasteiger partial charge in [0, 0.05) is 42.7 Å². The maximum absolute atomic E-state index is 14.4. The van der Waals surface area contributed by atoms with E-state index in [1.54, 1.807) is 27.5 Å². The molecule has 0 radical (unpaired) electrons. The minimum atomic E-state index is -0.466. The van der Waals surface area contributed by atoms with Gasteiger partial charge < -0.3 is 28.3 Å². The summed E-state index contributed by atoms with van der Waals surface area (Å²) in [5.41, 5.74) is 6.59. The number of benzene rings is 1. The molecule has 0 amide bonds. The summed E-state index contributed by atoms with van der Waals surface area (Å²) in [5, 5.41) is 6.43. The van der Waals surface area contributed by atoms with Crippen LogP contribution in [0.4, 0.5) is 0 Å². The van der Waals surface area contributed by atoms with Crippen molar-refractivity contribution < 1.29 is 23.7 Å². The first-order valence-corrected chi connectivity index (χ1v) is 15.7. The maximum atomic E-state index is 14.4. The number of fused-ring (bicyclic) bond motifs is 3. The number of hydrogen-bond acceptors (Lipinski definition) is 8. The molecule has 1 aromatic carbocycles. The Morgan fingerprint density at radius 1 is 1.02 bits per heavy atom. The average molecular weight is 613 g/mol. The molecule has 45 heavy (non-hydrogen) atoms. The van der Waals surface area contributed by atoms with Crippen molar-refractivity contribution in [2.45, 2.75) is 70.4 Å². The number of pyridine rings is 2. The van der Waals surface area contributed by atoms with E-state index in [9.17, 15) is 4.79 Å². The summed E-state index contributed by atoms with van der Waals surface area (Å²) in [5.74, 6) is 0.840. The Balaban J connectivity index is 1.40. The van der Waals surface area contributed by atoms with Gasteiger partial charge in [-0.25, -0.2) is 4.98 Å². The molecule has 1 atom stereocenters. The standard InChI is InChI=1S/C35H40N4O6/c1-21-18-36-33(43-5)22(2)31(21)23-7-9-27-29(16-23)38(20-24-6-8-26(41-3)17-30(24)42-4)34(40)28-19-37-39(32(27)28)25-10-12-35(13-11-25)44-14-15-45-35/h6-7,9,16-19,25-26H,8,10-15,20H2,1-5H3. The van der Waals surface area contributed by atoms with Gasteiger partial charge in [-0.05, 0) is 61.9 Å². The number of hydrogen-bond donors (Lipinski definition) is 0. The van der Waals surface area contributed by atoms with E-state index in [0.29, 0.717) is 37.4 Å². The van der Waals surface area contributed by atoms with Crippen LogP contribution < -0.4 is 10.3 Å². The Hall–Kier alpha value is -3.99. The van der Waals surface area contributed by atoms with Crippen LogP contribution >= 0.6 is 0 Å². The molecule has 2 aliphatic carbocycles. The first-order chi connectivity index (χ1) is 21.9. The second kappa shape index (κ2) is 11.7. The zero-order valence-electron chi connectivity index (χ0n) is 26.6. The van der Waals surface area contributed by atoms with Crippen molar-refractivity contribution in [2.75, 3.05) is 34.5 Å². The topological polar surface area (TPSA) is 98.9 Å². The normalized spacial score (nSPS) is 20.2. The molecular weight excluding hydrogens is 572 g/mol. The van der Waals surface area contributed by atoms with Crippen molar-refractivity contribution in [3.8, 4) is 17.0 Å². The zero-order valence-corrected chi connectivity index (χ0v) is 26.6. The van der Waals surface area contributed by atoms with Gasteiger partial charge in [0.2, 0.25) is 5.88 Å². The molecule has 1 aliphatic heterocycles. The van der Waals surface area contributed by atoms with Crippen molar-refractivity contribution in [1.82, 2.24) is 19.3 Å². The van der Waals surface area contributed by atoms with Crippen LogP contribution in [0.2, 0.25) is 0 Å². The molecule has 3 aliphatic rings. The number of aromatic nitrogens is 4. The minimum absolute atomic E-state index is 0.0632. The van der Waals surface area contributed by atoms with E-state index in [2.05, 4.69) is 33.9 Å². The summed E-state index contributed by atoms with van der Waals surface area (Å²) >= 11 is 0. The molecule has 236 valence electrons. The van der Waals surface area contributed by atoms with Gasteiger partial charge in [0.25, 0.3) is 5.56 Å². The summed E-state index contributed by atoms with van der Waals surface area (Å²) in [6.45, 7) is 5.71. The second-order valence-electron chi connectivity index (χ2n) is 12.2. The van der Waals surface area contributed by atoms with Crippen molar-refractivity contribution in [2.24, 2.45) is 0 Å². The Bertz CT molecular complexity index is 1890. The molecule has 1 saturated carbocycles. The second-order valence-corrected chi connectivity index (χ2v) is 12.2. The molecule has 0 N–H and O–H groups in total. The average Bonchev–Trinajstić information content (AvgIpc) is 3.71. The van der Waals surface area contributed by atoms with Gasteiger partial charge in [-0.3, -0.25) is 9.48 Å². The first kappa shape index (κ1) is 29.7. The van der Waals surface area contributed by atoms with E-state index >= 15 is 0 Å². The molecule has 10 nitrogen and oxygen atoms in total. The summed E-state index contributed by atoms with van der Waals surface area (Å²) in [7, 11) is 4.98. The van der Waals surface area contributed by atoms with E-state index in [4.69, 9.17) is 28.8 Å². The minimum Gasteiger partial charge on any atom is -0.497 e. The number of methoxy groups -OCH3 is 3. The number of allylic oxidation sites excluding steroid dienone is 1. The highest BCUT2D eigenvalue weighted by Gasteiger charge is 2.41. The van der Waals surface area contributed by atoms with Gasteiger partial charge in [-0.1, -0.05) is 18.2 Å². The van der Waals surface area contributed by atoms with E-state index in [-0.39, 0.29) is 17.7 Å². The largest absolute Gasteiger partial charge is 0.497 e. The fraction of sp³-hybridized carbons (Fsp3) is 0.457. The Morgan fingerprint density at radius 3 is 2.51 bits per heavy atom. The van der Waals surface area contributed by atoms with Gasteiger partial charge in [-0.15, -0.1) is 0 Å². The summed E-state index contributed by atoms with van der Waals surface area (Å²) in [6, 6.07) is 6.52.